The van der Waals surface area contributed by atoms with Gasteiger partial charge < -0.3 is 5.32 Å². The number of nitrogens with zero attached hydrogens (tertiary/aromatic N) is 1. The molecule has 1 atom stereocenters. The average Bonchev–Trinajstić information content (AvgIpc) is 2.27. The molecule has 0 aromatic heterocycles. The molecule has 102 valence electrons. The van der Waals surface area contributed by atoms with Crippen LogP contribution in [0.5, 0.6) is 0 Å². The minimum atomic E-state index is -4.43. The van der Waals surface area contributed by atoms with Gasteiger partial charge in [-0.15, -0.1) is 12.6 Å². The van der Waals surface area contributed by atoms with Crippen LogP contribution in [-0.4, -0.2) is 17.3 Å². The fourth-order valence-corrected chi connectivity index (χ4v) is 2.12. The predicted molar refractivity (Wildman–Crippen MR) is 64.5 cm³/mol. The Balaban J connectivity index is 2.27. The zero-order valence-corrected chi connectivity index (χ0v) is 10.3. The second kappa shape index (κ2) is 4.76. The van der Waals surface area contributed by atoms with Crippen LogP contribution in [-0.2, 0) is 15.8 Å². The quantitative estimate of drug-likeness (QED) is 0.612. The minimum Gasteiger partial charge on any atom is -0.327 e. The number of hydrogen-bond acceptors (Lipinski definition) is 3. The van der Waals surface area contributed by atoms with Gasteiger partial charge in [-0.1, -0.05) is 0 Å². The molecule has 1 saturated heterocycles. The zero-order chi connectivity index (χ0) is 14.2. The Morgan fingerprint density at radius 1 is 1.21 bits per heavy atom. The summed E-state index contributed by atoms with van der Waals surface area (Å²) >= 11 is 4.02. The topological polar surface area (TPSA) is 49.4 Å². The fraction of sp³-hybridized carbons (Fsp3) is 0.273. The van der Waals surface area contributed by atoms with Gasteiger partial charge in [-0.2, -0.15) is 13.2 Å². The highest BCUT2D eigenvalue weighted by molar-refractivity contribution is 7.81. The first-order chi connectivity index (χ1) is 8.79. The van der Waals surface area contributed by atoms with Crippen LogP contribution in [0.3, 0.4) is 0 Å². The Labute approximate surface area is 112 Å². The number of carbonyl (C=O) groups excluding carboxylic acids is 2. The largest absolute Gasteiger partial charge is 0.416 e. The molecule has 19 heavy (non-hydrogen) atoms. The first-order valence-corrected chi connectivity index (χ1v) is 5.77. The van der Waals surface area contributed by atoms with Crippen LogP contribution in [0, 0.1) is 0 Å². The first kappa shape index (κ1) is 13.7. The van der Waals surface area contributed by atoms with E-state index in [1.165, 1.54) is 12.1 Å². The van der Waals surface area contributed by atoms with E-state index < -0.39 is 29.1 Å². The summed E-state index contributed by atoms with van der Waals surface area (Å²) in [4.78, 5) is 23.9. The third-order valence-corrected chi connectivity index (χ3v) is 2.95. The van der Waals surface area contributed by atoms with Crippen molar-refractivity contribution in [3.8, 4) is 0 Å². The van der Waals surface area contributed by atoms with Crippen LogP contribution in [0.2, 0.25) is 0 Å². The molecule has 0 saturated carbocycles. The number of amides is 2. The van der Waals surface area contributed by atoms with Gasteiger partial charge in [0.25, 0.3) is 0 Å². The van der Waals surface area contributed by atoms with Crippen molar-refractivity contribution in [3.63, 3.8) is 0 Å². The van der Waals surface area contributed by atoms with Crippen molar-refractivity contribution in [1.82, 2.24) is 5.32 Å². The lowest BCUT2D eigenvalue weighted by Gasteiger charge is -2.32. The Hall–Kier alpha value is -1.70. The highest BCUT2D eigenvalue weighted by Crippen LogP contribution is 2.31. The molecule has 1 N–H and O–H groups in total. The van der Waals surface area contributed by atoms with E-state index >= 15 is 0 Å². The molecule has 1 aliphatic heterocycles. The normalized spacial score (nSPS) is 20.4. The van der Waals surface area contributed by atoms with Crippen LogP contribution < -0.4 is 10.2 Å². The summed E-state index contributed by atoms with van der Waals surface area (Å²) in [6.45, 7) is 0. The Morgan fingerprint density at radius 3 is 2.26 bits per heavy atom. The number of rotatable bonds is 1. The van der Waals surface area contributed by atoms with E-state index in [4.69, 9.17) is 0 Å². The molecule has 1 unspecified atom stereocenters. The van der Waals surface area contributed by atoms with E-state index in [0.717, 1.165) is 17.0 Å². The van der Waals surface area contributed by atoms with Gasteiger partial charge in [-0.05, 0) is 24.3 Å². The van der Waals surface area contributed by atoms with E-state index in [-0.39, 0.29) is 12.1 Å². The van der Waals surface area contributed by atoms with E-state index in [0.29, 0.717) is 0 Å². The lowest BCUT2D eigenvalue weighted by atomic mass is 10.1. The third kappa shape index (κ3) is 2.83. The standard InChI is InChI=1S/C11H9F3N2O2S/c12-11(13,14)6-1-3-7(4-2-6)16-9(18)5-8(17)15-10(16)19/h1-4,10,19H,5H2,(H,15,17). The Morgan fingerprint density at radius 2 is 1.79 bits per heavy atom. The second-order valence-electron chi connectivity index (χ2n) is 3.93. The van der Waals surface area contributed by atoms with Gasteiger partial charge in [0.15, 0.2) is 5.50 Å². The van der Waals surface area contributed by atoms with Crippen molar-refractivity contribution in [2.24, 2.45) is 0 Å². The van der Waals surface area contributed by atoms with Crippen molar-refractivity contribution in [3.05, 3.63) is 29.8 Å². The minimum absolute atomic E-state index is 0.248. The van der Waals surface area contributed by atoms with Crippen molar-refractivity contribution < 1.29 is 22.8 Å². The van der Waals surface area contributed by atoms with E-state index in [9.17, 15) is 22.8 Å². The molecular weight excluding hydrogens is 281 g/mol. The molecule has 1 heterocycles. The molecule has 0 radical (unpaired) electrons. The number of carbonyl (C=O) groups is 2. The first-order valence-electron chi connectivity index (χ1n) is 5.26. The molecule has 2 amide bonds. The molecule has 2 rings (SSSR count). The van der Waals surface area contributed by atoms with Crippen LogP contribution >= 0.6 is 12.6 Å². The fourth-order valence-electron chi connectivity index (χ4n) is 1.71. The van der Waals surface area contributed by atoms with Crippen LogP contribution in [0.4, 0.5) is 18.9 Å². The lowest BCUT2D eigenvalue weighted by molar-refractivity contribution is -0.137. The third-order valence-electron chi connectivity index (χ3n) is 2.59. The molecule has 4 nitrogen and oxygen atoms in total. The smallest absolute Gasteiger partial charge is 0.327 e. The maximum Gasteiger partial charge on any atom is 0.416 e. The maximum absolute atomic E-state index is 12.4. The van der Waals surface area contributed by atoms with E-state index in [1.54, 1.807) is 0 Å². The highest BCUT2D eigenvalue weighted by Gasteiger charge is 2.33. The number of halogens is 3. The lowest BCUT2D eigenvalue weighted by Crippen LogP contribution is -2.54. The predicted octanol–water partition coefficient (Wildman–Crippen LogP) is 1.77. The zero-order valence-electron chi connectivity index (χ0n) is 9.44. The van der Waals surface area contributed by atoms with Crippen LogP contribution in [0.25, 0.3) is 0 Å². The molecule has 1 aromatic rings. The summed E-state index contributed by atoms with van der Waals surface area (Å²) in [5, 5.41) is 2.41. The van der Waals surface area contributed by atoms with Crippen molar-refractivity contribution in [1.29, 1.82) is 0 Å². The molecule has 0 bridgehead atoms. The van der Waals surface area contributed by atoms with Gasteiger partial charge in [0, 0.05) is 5.69 Å². The van der Waals surface area contributed by atoms with E-state index in [2.05, 4.69) is 17.9 Å². The van der Waals surface area contributed by atoms with Crippen LogP contribution in [0.1, 0.15) is 12.0 Å². The number of benzene rings is 1. The molecule has 1 aliphatic rings. The number of nitrogens with one attached hydrogen (secondary N) is 1. The molecule has 0 spiro atoms. The van der Waals surface area contributed by atoms with Gasteiger partial charge in [0.2, 0.25) is 11.8 Å². The van der Waals surface area contributed by atoms with Crippen molar-refractivity contribution in [2.45, 2.75) is 18.1 Å². The number of thiol groups is 1. The van der Waals surface area contributed by atoms with Crippen molar-refractivity contribution >= 4 is 30.1 Å². The molecule has 0 aliphatic carbocycles. The summed E-state index contributed by atoms with van der Waals surface area (Å²) < 4.78 is 37.2. The molecule has 1 aromatic carbocycles. The summed E-state index contributed by atoms with van der Waals surface area (Å²) in [5.41, 5.74) is -1.44. The molecule has 8 heteroatoms. The molecule has 1 fully saturated rings. The number of alkyl halides is 3. The number of anilines is 1. The van der Waals surface area contributed by atoms with Gasteiger partial charge in [0.1, 0.15) is 6.42 Å². The summed E-state index contributed by atoms with van der Waals surface area (Å²) in [5.74, 6) is -0.975. The Kier molecular flexibility index (Phi) is 3.44. The summed E-state index contributed by atoms with van der Waals surface area (Å²) in [7, 11) is 0. The van der Waals surface area contributed by atoms with Gasteiger partial charge >= 0.3 is 6.18 Å². The van der Waals surface area contributed by atoms with E-state index in [1.807, 2.05) is 0 Å². The summed E-state index contributed by atoms with van der Waals surface area (Å²) in [6, 6.07) is 4.09. The Bertz CT molecular complexity index is 516. The van der Waals surface area contributed by atoms with Gasteiger partial charge in [-0.25, -0.2) is 0 Å². The monoisotopic (exact) mass is 290 g/mol. The van der Waals surface area contributed by atoms with Gasteiger partial charge in [-0.3, -0.25) is 14.5 Å². The average molecular weight is 290 g/mol. The second-order valence-corrected chi connectivity index (χ2v) is 4.42. The maximum atomic E-state index is 12.4. The SMILES string of the molecule is O=C1CC(=O)N(c2ccc(C(F)(F)F)cc2)C(S)N1. The number of hydrogen-bond donors (Lipinski definition) is 2. The van der Waals surface area contributed by atoms with Gasteiger partial charge in [0.05, 0.1) is 5.56 Å². The van der Waals surface area contributed by atoms with Crippen molar-refractivity contribution in [2.75, 3.05) is 4.90 Å². The van der Waals surface area contributed by atoms with Crippen LogP contribution in [0.15, 0.2) is 24.3 Å². The molecular formula is C11H9F3N2O2S. The summed E-state index contributed by atoms with van der Waals surface area (Å²) in [6.07, 6.45) is -4.78. The highest BCUT2D eigenvalue weighted by atomic mass is 32.1.